The van der Waals surface area contributed by atoms with Gasteiger partial charge in [0.2, 0.25) is 5.95 Å². The number of nitrogens with one attached hydrogen (secondary N) is 2. The third kappa shape index (κ3) is 2.01. The zero-order valence-corrected chi connectivity index (χ0v) is 13.2. The molecule has 3 aliphatic heterocycles. The van der Waals surface area contributed by atoms with E-state index in [1.807, 2.05) is 18.1 Å². The Balaban J connectivity index is 0.00000105. The molecule has 2 aromatic rings. The number of alkyl halides is 2. The van der Waals surface area contributed by atoms with Crippen LogP contribution in [0.3, 0.4) is 0 Å². The van der Waals surface area contributed by atoms with Crippen LogP contribution in [-0.4, -0.2) is 39.7 Å². The highest BCUT2D eigenvalue weighted by Crippen LogP contribution is 2.47. The SMILES string of the molecule is CN1C=CC2CC1(C(=O)Nc1nc3cc4c(cc3[nH]1)OC(F)(F)O4)C2.[HH].[HH]. The van der Waals surface area contributed by atoms with Gasteiger partial charge in [-0.3, -0.25) is 10.1 Å². The Kier molecular flexibility index (Phi) is 2.56. The molecule has 0 unspecified atom stereocenters. The summed E-state index contributed by atoms with van der Waals surface area (Å²) in [4.78, 5) is 21.8. The van der Waals surface area contributed by atoms with Crippen molar-refractivity contribution < 1.29 is 25.9 Å². The molecule has 2 bridgehead atoms. The summed E-state index contributed by atoms with van der Waals surface area (Å²) in [6, 6.07) is 2.73. The van der Waals surface area contributed by atoms with Crippen LogP contribution in [0, 0.1) is 5.92 Å². The average molecular weight is 352 g/mol. The molecule has 25 heavy (non-hydrogen) atoms. The van der Waals surface area contributed by atoms with Gasteiger partial charge < -0.3 is 19.4 Å². The van der Waals surface area contributed by atoms with Crippen molar-refractivity contribution in [2.75, 3.05) is 12.4 Å². The maximum absolute atomic E-state index is 13.1. The molecule has 1 saturated carbocycles. The molecule has 0 radical (unpaired) electrons. The largest absolute Gasteiger partial charge is 0.586 e. The fourth-order valence-corrected chi connectivity index (χ4v) is 3.71. The second-order valence-electron chi connectivity index (χ2n) is 6.68. The van der Waals surface area contributed by atoms with Crippen molar-refractivity contribution in [3.05, 3.63) is 24.4 Å². The number of benzene rings is 1. The zero-order chi connectivity index (χ0) is 17.4. The summed E-state index contributed by atoms with van der Waals surface area (Å²) in [6.45, 7) is 0. The first kappa shape index (κ1) is 14.5. The molecule has 1 amide bonds. The minimum absolute atomic E-state index is 0. The van der Waals surface area contributed by atoms with E-state index in [4.69, 9.17) is 0 Å². The van der Waals surface area contributed by atoms with E-state index in [-0.39, 0.29) is 26.2 Å². The van der Waals surface area contributed by atoms with E-state index in [0.717, 1.165) is 12.8 Å². The summed E-state index contributed by atoms with van der Waals surface area (Å²) in [5, 5.41) is 2.79. The maximum atomic E-state index is 13.1. The number of amides is 1. The average Bonchev–Trinajstić information content (AvgIpc) is 3.00. The highest BCUT2D eigenvalue weighted by molar-refractivity contribution is 5.99. The molecular weight excluding hydrogens is 334 g/mol. The zero-order valence-electron chi connectivity index (χ0n) is 13.2. The number of likely N-dealkylation sites (N-methyl/N-ethyl adjacent to an activating group) is 1. The van der Waals surface area contributed by atoms with Crippen LogP contribution in [0.2, 0.25) is 0 Å². The molecule has 1 aromatic carbocycles. The predicted octanol–water partition coefficient (Wildman–Crippen LogP) is 2.92. The Morgan fingerprint density at radius 1 is 1.40 bits per heavy atom. The quantitative estimate of drug-likeness (QED) is 0.869. The smallest absolute Gasteiger partial charge is 0.395 e. The molecule has 9 heteroatoms. The monoisotopic (exact) mass is 352 g/mol. The van der Waals surface area contributed by atoms with Crippen LogP contribution in [0.1, 0.15) is 15.7 Å². The number of allylic oxidation sites excluding steroid dienone is 1. The van der Waals surface area contributed by atoms with Crippen molar-refractivity contribution in [2.24, 2.45) is 5.92 Å². The van der Waals surface area contributed by atoms with Crippen LogP contribution >= 0.6 is 0 Å². The molecule has 0 spiro atoms. The number of imidazole rings is 1. The first-order valence-corrected chi connectivity index (χ1v) is 7.87. The van der Waals surface area contributed by atoms with E-state index < -0.39 is 11.8 Å². The van der Waals surface area contributed by atoms with Gasteiger partial charge in [-0.2, -0.15) is 0 Å². The molecule has 0 atom stereocenters. The maximum Gasteiger partial charge on any atom is 0.586 e. The molecule has 4 heterocycles. The number of ether oxygens (including phenoxy) is 2. The number of hydrogen-bond acceptors (Lipinski definition) is 5. The van der Waals surface area contributed by atoms with Crippen molar-refractivity contribution in [1.29, 1.82) is 0 Å². The van der Waals surface area contributed by atoms with Gasteiger partial charge in [0.25, 0.3) is 5.91 Å². The Morgan fingerprint density at radius 3 is 2.84 bits per heavy atom. The van der Waals surface area contributed by atoms with E-state index in [1.165, 1.54) is 12.1 Å². The lowest BCUT2D eigenvalue weighted by Crippen LogP contribution is -2.63. The fraction of sp³-hybridized carbons (Fsp3) is 0.375. The number of nitrogens with zero attached hydrogens (tertiary/aromatic N) is 2. The summed E-state index contributed by atoms with van der Waals surface area (Å²) in [5.41, 5.74) is 0.321. The van der Waals surface area contributed by atoms with E-state index in [0.29, 0.717) is 17.0 Å². The van der Waals surface area contributed by atoms with Gasteiger partial charge in [-0.15, -0.1) is 8.78 Å². The molecule has 4 aliphatic rings. The molecular formula is C16H18F2N4O3. The highest BCUT2D eigenvalue weighted by Gasteiger charge is 2.54. The fourth-order valence-electron chi connectivity index (χ4n) is 3.71. The van der Waals surface area contributed by atoms with Crippen LogP contribution < -0.4 is 14.8 Å². The molecule has 7 nitrogen and oxygen atoms in total. The minimum atomic E-state index is -3.67. The standard InChI is InChI=1S/C16H14F2N4O3.2H2/c1-22-3-2-8-6-15(22,7-8)13(23)21-14-19-9-4-11-12(5-10(9)20-14)25-16(17,18)24-11;;/h2-5,8H,6-7H2,1H3,(H2,19,20,21,23);2*1H. The third-order valence-electron chi connectivity index (χ3n) is 5.12. The molecule has 1 aliphatic carbocycles. The Hall–Kier alpha value is -2.84. The number of rotatable bonds is 2. The third-order valence-corrected chi connectivity index (χ3v) is 5.12. The van der Waals surface area contributed by atoms with Gasteiger partial charge in [0.15, 0.2) is 11.5 Å². The van der Waals surface area contributed by atoms with Gasteiger partial charge in [-0.05, 0) is 25.0 Å². The summed E-state index contributed by atoms with van der Waals surface area (Å²) in [7, 11) is 1.88. The van der Waals surface area contributed by atoms with Crippen molar-refractivity contribution in [2.45, 2.75) is 24.7 Å². The number of hydrogen-bond donors (Lipinski definition) is 2. The van der Waals surface area contributed by atoms with Crippen LogP contribution in [-0.2, 0) is 4.79 Å². The van der Waals surface area contributed by atoms with Crippen LogP contribution in [0.4, 0.5) is 14.7 Å². The lowest BCUT2D eigenvalue weighted by Gasteiger charge is -2.53. The summed E-state index contributed by atoms with van der Waals surface area (Å²) in [6.07, 6.45) is 1.91. The number of aromatic amines is 1. The predicted molar refractivity (Wildman–Crippen MR) is 87.5 cm³/mol. The van der Waals surface area contributed by atoms with Crippen LogP contribution in [0.5, 0.6) is 11.5 Å². The number of fused-ring (bicyclic) bond motifs is 3. The first-order valence-electron chi connectivity index (χ1n) is 7.87. The van der Waals surface area contributed by atoms with E-state index in [9.17, 15) is 13.6 Å². The highest BCUT2D eigenvalue weighted by atomic mass is 19.3. The Morgan fingerprint density at radius 2 is 2.12 bits per heavy atom. The van der Waals surface area contributed by atoms with Gasteiger partial charge in [-0.25, -0.2) is 4.98 Å². The molecule has 1 fully saturated rings. The number of aromatic nitrogens is 2. The lowest BCUT2D eigenvalue weighted by molar-refractivity contribution is -0.286. The first-order chi connectivity index (χ1) is 11.8. The Bertz CT molecular complexity index is 898. The van der Waals surface area contributed by atoms with Crippen molar-refractivity contribution in [3.8, 4) is 11.5 Å². The van der Waals surface area contributed by atoms with Crippen LogP contribution in [0.25, 0.3) is 11.0 Å². The Labute approximate surface area is 143 Å². The number of carbonyl (C=O) groups excluding carboxylic acids is 1. The molecule has 134 valence electrons. The van der Waals surface area contributed by atoms with Crippen molar-refractivity contribution in [3.63, 3.8) is 0 Å². The van der Waals surface area contributed by atoms with Gasteiger partial charge in [0, 0.05) is 22.0 Å². The summed E-state index contributed by atoms with van der Waals surface area (Å²) < 4.78 is 35.0. The van der Waals surface area contributed by atoms with Crippen molar-refractivity contribution in [1.82, 2.24) is 14.9 Å². The van der Waals surface area contributed by atoms with Gasteiger partial charge in [-0.1, -0.05) is 6.08 Å². The van der Waals surface area contributed by atoms with Gasteiger partial charge >= 0.3 is 6.29 Å². The lowest BCUT2D eigenvalue weighted by atomic mass is 9.64. The second-order valence-corrected chi connectivity index (χ2v) is 6.68. The normalized spacial score (nSPS) is 28.1. The van der Waals surface area contributed by atoms with E-state index in [1.54, 1.807) is 0 Å². The number of carbonyl (C=O) groups is 1. The van der Waals surface area contributed by atoms with Crippen LogP contribution in [0.15, 0.2) is 24.4 Å². The number of halogens is 2. The molecule has 2 N–H and O–H groups in total. The van der Waals surface area contributed by atoms with E-state index >= 15 is 0 Å². The molecule has 6 rings (SSSR count). The molecule has 0 saturated heterocycles. The van der Waals surface area contributed by atoms with Gasteiger partial charge in [0.05, 0.1) is 11.0 Å². The van der Waals surface area contributed by atoms with Crippen molar-refractivity contribution >= 4 is 22.9 Å². The second kappa shape index (κ2) is 4.41. The topological polar surface area (TPSA) is 79.5 Å². The summed E-state index contributed by atoms with van der Waals surface area (Å²) >= 11 is 0. The van der Waals surface area contributed by atoms with E-state index in [2.05, 4.69) is 30.8 Å². The number of H-pyrrole nitrogens is 1. The summed E-state index contributed by atoms with van der Waals surface area (Å²) in [5.74, 6) is 0.407. The number of anilines is 1. The van der Waals surface area contributed by atoms with Gasteiger partial charge in [0.1, 0.15) is 5.54 Å². The minimum Gasteiger partial charge on any atom is -0.395 e. The molecule has 1 aromatic heterocycles.